The van der Waals surface area contributed by atoms with Crippen molar-refractivity contribution in [3.63, 3.8) is 0 Å². The second-order valence-corrected chi connectivity index (χ2v) is 9.57. The van der Waals surface area contributed by atoms with Crippen molar-refractivity contribution >= 4 is 57.6 Å². The Hall–Kier alpha value is -0.410. The average molecular weight is 459 g/mol. The topological polar surface area (TPSA) is 62.3 Å². The highest BCUT2D eigenvalue weighted by Crippen LogP contribution is 2.26. The van der Waals surface area contributed by atoms with Crippen molar-refractivity contribution in [2.24, 2.45) is 0 Å². The zero-order valence-electron chi connectivity index (χ0n) is 14.2. The lowest BCUT2D eigenvalue weighted by Gasteiger charge is -2.36. The Labute approximate surface area is 175 Å². The summed E-state index contributed by atoms with van der Waals surface area (Å²) in [5.41, 5.74) is 2.11. The maximum atomic E-state index is 11.4. The predicted molar refractivity (Wildman–Crippen MR) is 113 cm³/mol. The zero-order valence-corrected chi connectivity index (χ0v) is 18.2. The normalized spacial score (nSPS) is 18.0. The first kappa shape index (κ1) is 23.6. The molecule has 26 heavy (non-hydrogen) atoms. The standard InChI is InChI=1S/C16H20ClN3O2S2.2ClH/c1-24(21,22)11-16-19-14(10-23-16)9-20-6-5-18-8-15(20)12-3-2-4-13(17)7-12;;/h2-4,7,10,15,18H,5-6,8-9,11H2,1H3;2*1H. The van der Waals surface area contributed by atoms with Crippen LogP contribution in [0.15, 0.2) is 29.6 Å². The maximum Gasteiger partial charge on any atom is 0.153 e. The van der Waals surface area contributed by atoms with Gasteiger partial charge in [0.2, 0.25) is 0 Å². The van der Waals surface area contributed by atoms with E-state index in [1.807, 2.05) is 23.6 Å². The smallest absolute Gasteiger partial charge is 0.153 e. The molecule has 0 aliphatic carbocycles. The number of halogens is 3. The van der Waals surface area contributed by atoms with Gasteiger partial charge >= 0.3 is 0 Å². The van der Waals surface area contributed by atoms with Crippen LogP contribution in [0.3, 0.4) is 0 Å². The van der Waals surface area contributed by atoms with Gasteiger partial charge in [-0.05, 0) is 17.7 Å². The molecule has 0 bridgehead atoms. The van der Waals surface area contributed by atoms with E-state index >= 15 is 0 Å². The van der Waals surface area contributed by atoms with Crippen LogP contribution in [-0.4, -0.2) is 44.2 Å². The van der Waals surface area contributed by atoms with Crippen molar-refractivity contribution in [1.82, 2.24) is 15.2 Å². The lowest BCUT2D eigenvalue weighted by molar-refractivity contribution is 0.152. The highest BCUT2D eigenvalue weighted by molar-refractivity contribution is 7.90. The molecule has 1 N–H and O–H groups in total. The molecule has 1 atom stereocenters. The molecule has 1 aromatic heterocycles. The Bertz CT molecular complexity index is 815. The van der Waals surface area contributed by atoms with Crippen LogP contribution >= 0.6 is 47.8 Å². The molecule has 5 nitrogen and oxygen atoms in total. The highest BCUT2D eigenvalue weighted by atomic mass is 35.5. The van der Waals surface area contributed by atoms with Crippen LogP contribution < -0.4 is 5.32 Å². The van der Waals surface area contributed by atoms with Gasteiger partial charge in [-0.25, -0.2) is 13.4 Å². The molecule has 1 aromatic carbocycles. The molecule has 3 rings (SSSR count). The molecule has 1 saturated heterocycles. The van der Waals surface area contributed by atoms with E-state index in [0.29, 0.717) is 11.6 Å². The third kappa shape index (κ3) is 6.64. The van der Waals surface area contributed by atoms with Gasteiger partial charge in [0.05, 0.1) is 5.69 Å². The fraction of sp³-hybridized carbons (Fsp3) is 0.438. The van der Waals surface area contributed by atoms with Gasteiger partial charge in [-0.15, -0.1) is 36.2 Å². The lowest BCUT2D eigenvalue weighted by Crippen LogP contribution is -2.45. The van der Waals surface area contributed by atoms with Crippen LogP contribution in [0, 0.1) is 0 Å². The van der Waals surface area contributed by atoms with Gasteiger partial charge in [0.1, 0.15) is 10.8 Å². The first-order chi connectivity index (χ1) is 11.4. The summed E-state index contributed by atoms with van der Waals surface area (Å²) in [5, 5.41) is 6.77. The summed E-state index contributed by atoms with van der Waals surface area (Å²) in [4.78, 5) is 6.85. The molecule has 1 fully saturated rings. The Morgan fingerprint density at radius 2 is 2.15 bits per heavy atom. The Balaban J connectivity index is 0.00000169. The van der Waals surface area contributed by atoms with E-state index < -0.39 is 9.84 Å². The largest absolute Gasteiger partial charge is 0.314 e. The van der Waals surface area contributed by atoms with Crippen LogP contribution in [0.4, 0.5) is 0 Å². The van der Waals surface area contributed by atoms with E-state index in [2.05, 4.69) is 21.3 Å². The molecular weight excluding hydrogens is 437 g/mol. The molecule has 1 unspecified atom stereocenters. The zero-order chi connectivity index (χ0) is 17.2. The van der Waals surface area contributed by atoms with E-state index in [-0.39, 0.29) is 36.6 Å². The summed E-state index contributed by atoms with van der Waals surface area (Å²) in [5.74, 6) is 0.0109. The van der Waals surface area contributed by atoms with E-state index in [1.54, 1.807) is 0 Å². The number of thiazole rings is 1. The highest BCUT2D eigenvalue weighted by Gasteiger charge is 2.24. The first-order valence-corrected chi connectivity index (χ1v) is 11.0. The summed E-state index contributed by atoms with van der Waals surface area (Å²) in [7, 11) is -3.05. The number of piperazine rings is 1. The molecule has 146 valence electrons. The monoisotopic (exact) mass is 457 g/mol. The molecule has 1 aliphatic rings. The van der Waals surface area contributed by atoms with Crippen LogP contribution in [0.2, 0.25) is 5.02 Å². The number of nitrogens with zero attached hydrogens (tertiary/aromatic N) is 2. The fourth-order valence-electron chi connectivity index (χ4n) is 2.90. The van der Waals surface area contributed by atoms with Gasteiger partial charge in [-0.2, -0.15) is 0 Å². The summed E-state index contributed by atoms with van der Waals surface area (Å²) in [6.07, 6.45) is 1.24. The lowest BCUT2D eigenvalue weighted by atomic mass is 10.0. The number of sulfone groups is 1. The SMILES string of the molecule is CS(=O)(=O)Cc1nc(CN2CCNCC2c2cccc(Cl)c2)cs1.Cl.Cl. The van der Waals surface area contributed by atoms with Crippen molar-refractivity contribution in [1.29, 1.82) is 0 Å². The van der Waals surface area contributed by atoms with Gasteiger partial charge in [-0.1, -0.05) is 23.7 Å². The van der Waals surface area contributed by atoms with Gasteiger partial charge in [0.15, 0.2) is 9.84 Å². The van der Waals surface area contributed by atoms with Crippen molar-refractivity contribution in [2.75, 3.05) is 25.9 Å². The van der Waals surface area contributed by atoms with Crippen molar-refractivity contribution in [2.45, 2.75) is 18.3 Å². The maximum absolute atomic E-state index is 11.4. The molecule has 0 saturated carbocycles. The quantitative estimate of drug-likeness (QED) is 0.744. The number of hydrogen-bond acceptors (Lipinski definition) is 6. The van der Waals surface area contributed by atoms with Gasteiger partial charge in [-0.3, -0.25) is 4.90 Å². The Kier molecular flexibility index (Phi) is 9.29. The summed E-state index contributed by atoms with van der Waals surface area (Å²) >= 11 is 7.54. The molecular formula is C16H22Cl3N3O2S2. The summed E-state index contributed by atoms with van der Waals surface area (Å²) in [6, 6.07) is 8.17. The molecule has 2 aromatic rings. The first-order valence-electron chi connectivity index (χ1n) is 7.72. The van der Waals surface area contributed by atoms with Gasteiger partial charge in [0.25, 0.3) is 0 Å². The van der Waals surface area contributed by atoms with E-state index in [4.69, 9.17) is 11.6 Å². The minimum Gasteiger partial charge on any atom is -0.314 e. The van der Waals surface area contributed by atoms with Crippen molar-refractivity contribution in [3.8, 4) is 0 Å². The van der Waals surface area contributed by atoms with Crippen LogP contribution in [0.1, 0.15) is 22.3 Å². The van der Waals surface area contributed by atoms with E-state index in [9.17, 15) is 8.42 Å². The van der Waals surface area contributed by atoms with Crippen LogP contribution in [0.5, 0.6) is 0 Å². The average Bonchev–Trinajstić information content (AvgIpc) is 2.93. The fourth-order valence-corrected chi connectivity index (χ4v) is 5.09. The molecule has 2 heterocycles. The third-order valence-electron chi connectivity index (χ3n) is 3.94. The molecule has 0 spiro atoms. The molecule has 1 aliphatic heterocycles. The number of rotatable bonds is 5. The van der Waals surface area contributed by atoms with Crippen molar-refractivity contribution < 1.29 is 8.42 Å². The second-order valence-electron chi connectivity index (χ2n) is 6.05. The minimum absolute atomic E-state index is 0. The molecule has 10 heteroatoms. The van der Waals surface area contributed by atoms with Crippen molar-refractivity contribution in [3.05, 3.63) is 50.9 Å². The predicted octanol–water partition coefficient (Wildman–Crippen LogP) is 3.33. The minimum atomic E-state index is -3.05. The van der Waals surface area contributed by atoms with Crippen LogP contribution in [0.25, 0.3) is 0 Å². The number of hydrogen-bond donors (Lipinski definition) is 1. The van der Waals surface area contributed by atoms with Gasteiger partial charge in [0, 0.05) is 48.9 Å². The Morgan fingerprint density at radius 1 is 1.38 bits per heavy atom. The molecule has 0 amide bonds. The molecule has 0 radical (unpaired) electrons. The van der Waals surface area contributed by atoms with Crippen LogP contribution in [-0.2, 0) is 22.1 Å². The summed E-state index contributed by atoms with van der Waals surface area (Å²) < 4.78 is 22.8. The van der Waals surface area contributed by atoms with E-state index in [1.165, 1.54) is 23.2 Å². The number of aromatic nitrogens is 1. The van der Waals surface area contributed by atoms with E-state index in [0.717, 1.165) is 30.4 Å². The Morgan fingerprint density at radius 3 is 2.85 bits per heavy atom. The summed E-state index contributed by atoms with van der Waals surface area (Å²) in [6.45, 7) is 3.41. The van der Waals surface area contributed by atoms with Gasteiger partial charge < -0.3 is 5.32 Å². The number of benzene rings is 1. The number of nitrogens with one attached hydrogen (secondary N) is 1. The third-order valence-corrected chi connectivity index (χ3v) is 6.05. The second kappa shape index (κ2) is 10.2.